The molecule has 0 aliphatic rings. The molecule has 0 spiro atoms. The molecule has 0 aromatic heterocycles. The van der Waals surface area contributed by atoms with E-state index in [-0.39, 0.29) is 25.7 Å². The molecule has 17 nitrogen and oxygen atoms in total. The molecule has 0 radical (unpaired) electrons. The average Bonchev–Trinajstić information content (AvgIpc) is 3.46. The summed E-state index contributed by atoms with van der Waals surface area (Å²) in [5, 5.41) is 10.6. The molecule has 0 aromatic carbocycles. The van der Waals surface area contributed by atoms with E-state index in [2.05, 4.69) is 55.4 Å². The van der Waals surface area contributed by atoms with Gasteiger partial charge in [-0.2, -0.15) is 0 Å². The molecule has 0 aliphatic carbocycles. The number of phosphoric acid groups is 2. The summed E-state index contributed by atoms with van der Waals surface area (Å²) in [6.45, 7) is 13.9. The first-order chi connectivity index (χ1) is 41.1. The largest absolute Gasteiger partial charge is 0.472 e. The van der Waals surface area contributed by atoms with E-state index in [0.29, 0.717) is 37.5 Å². The van der Waals surface area contributed by atoms with E-state index in [9.17, 15) is 43.2 Å². The Labute approximate surface area is 524 Å². The molecule has 3 N–H and O–H groups in total. The molecule has 510 valence electrons. The Bertz CT molecular complexity index is 1710. The quantitative estimate of drug-likeness (QED) is 0.0222. The third-order valence-corrected chi connectivity index (χ3v) is 17.2. The fourth-order valence-corrected chi connectivity index (χ4v) is 11.5. The van der Waals surface area contributed by atoms with Gasteiger partial charge in [-0.25, -0.2) is 9.13 Å². The maximum Gasteiger partial charge on any atom is 0.472 e. The highest BCUT2D eigenvalue weighted by molar-refractivity contribution is 7.47. The van der Waals surface area contributed by atoms with E-state index in [1.807, 2.05) is 0 Å². The smallest absolute Gasteiger partial charge is 0.462 e. The molecule has 0 aromatic rings. The van der Waals surface area contributed by atoms with Gasteiger partial charge in [-0.1, -0.05) is 274 Å². The van der Waals surface area contributed by atoms with Gasteiger partial charge in [0, 0.05) is 25.7 Å². The van der Waals surface area contributed by atoms with Crippen LogP contribution in [0.1, 0.15) is 325 Å². The number of unbranched alkanes of at least 4 members (excludes halogenated alkanes) is 30. The zero-order valence-electron chi connectivity index (χ0n) is 55.9. The summed E-state index contributed by atoms with van der Waals surface area (Å²) in [5.41, 5.74) is 0. The average molecular weight is 1270 g/mol. The van der Waals surface area contributed by atoms with Gasteiger partial charge in [-0.05, 0) is 49.4 Å². The highest BCUT2D eigenvalue weighted by atomic mass is 31.2. The lowest BCUT2D eigenvalue weighted by Crippen LogP contribution is -2.30. The second-order valence-corrected chi connectivity index (χ2v) is 29.0. The lowest BCUT2D eigenvalue weighted by atomic mass is 10.0. The van der Waals surface area contributed by atoms with Crippen LogP contribution in [0.15, 0.2) is 0 Å². The maximum atomic E-state index is 13.0. The Morgan fingerprint density at radius 1 is 0.291 bits per heavy atom. The van der Waals surface area contributed by atoms with Crippen LogP contribution < -0.4 is 0 Å². The van der Waals surface area contributed by atoms with Crippen LogP contribution in [-0.2, 0) is 65.4 Å². The van der Waals surface area contributed by atoms with E-state index in [4.69, 9.17) is 37.0 Å². The first-order valence-electron chi connectivity index (χ1n) is 34.7. The standard InChI is InChI=1S/C67H130O17P2/c1-57(2)43-35-27-19-15-12-10-9-11-13-17-21-33-41-49-66(71)83-62(53-77-64(69)47-39-31-25-23-29-37-45-59(5)6)55-81-85(73,74)79-51-61(68)52-80-86(75,76)82-56-63(54-78-65(70)48-40-32-26-24-30-38-46-60(7)8)84-67(72)50-42-34-22-18-14-16-20-28-36-44-58(3)4/h57-63,68H,9-56H2,1-8H3,(H,73,74)(H,75,76)/t61-,62-,63-/m1/s1. The molecule has 0 amide bonds. The van der Waals surface area contributed by atoms with E-state index in [1.165, 1.54) is 116 Å². The van der Waals surface area contributed by atoms with Crippen LogP contribution in [0.5, 0.6) is 0 Å². The predicted molar refractivity (Wildman–Crippen MR) is 344 cm³/mol. The molecule has 0 bridgehead atoms. The van der Waals surface area contributed by atoms with Crippen molar-refractivity contribution in [2.45, 2.75) is 343 Å². The minimum Gasteiger partial charge on any atom is -0.462 e. The molecule has 0 saturated carbocycles. The van der Waals surface area contributed by atoms with Gasteiger partial charge >= 0.3 is 39.5 Å². The van der Waals surface area contributed by atoms with Crippen LogP contribution in [0.4, 0.5) is 0 Å². The predicted octanol–water partition coefficient (Wildman–Crippen LogP) is 18.5. The van der Waals surface area contributed by atoms with Gasteiger partial charge in [0.25, 0.3) is 0 Å². The summed E-state index contributed by atoms with van der Waals surface area (Å²) in [4.78, 5) is 72.3. The van der Waals surface area contributed by atoms with Crippen molar-refractivity contribution in [2.75, 3.05) is 39.6 Å². The maximum absolute atomic E-state index is 13.0. The van der Waals surface area contributed by atoms with Crippen molar-refractivity contribution >= 4 is 39.5 Å². The Hall–Kier alpha value is -1.94. The fraction of sp³-hybridized carbons (Fsp3) is 0.940. The van der Waals surface area contributed by atoms with Gasteiger partial charge in [-0.3, -0.25) is 37.3 Å². The zero-order chi connectivity index (χ0) is 63.9. The zero-order valence-corrected chi connectivity index (χ0v) is 57.7. The summed E-state index contributed by atoms with van der Waals surface area (Å²) in [7, 11) is -9.89. The van der Waals surface area contributed by atoms with E-state index in [0.717, 1.165) is 115 Å². The molecule has 0 fully saturated rings. The van der Waals surface area contributed by atoms with Crippen LogP contribution in [0.25, 0.3) is 0 Å². The first-order valence-corrected chi connectivity index (χ1v) is 37.7. The number of hydrogen-bond donors (Lipinski definition) is 3. The van der Waals surface area contributed by atoms with Crippen molar-refractivity contribution < 1.29 is 80.2 Å². The highest BCUT2D eigenvalue weighted by Crippen LogP contribution is 2.45. The minimum absolute atomic E-state index is 0.103. The topological polar surface area (TPSA) is 237 Å². The lowest BCUT2D eigenvalue weighted by molar-refractivity contribution is -0.161. The Morgan fingerprint density at radius 3 is 0.721 bits per heavy atom. The third kappa shape index (κ3) is 60.9. The number of hydrogen-bond acceptors (Lipinski definition) is 15. The van der Waals surface area contributed by atoms with Crippen LogP contribution in [0.2, 0.25) is 0 Å². The van der Waals surface area contributed by atoms with Gasteiger partial charge in [0.1, 0.15) is 19.3 Å². The lowest BCUT2D eigenvalue weighted by Gasteiger charge is -2.21. The number of esters is 4. The summed E-state index contributed by atoms with van der Waals surface area (Å²) in [6.07, 6.45) is 37.9. The van der Waals surface area contributed by atoms with Crippen LogP contribution >= 0.6 is 15.6 Å². The van der Waals surface area contributed by atoms with Crippen molar-refractivity contribution in [2.24, 2.45) is 23.7 Å². The summed E-state index contributed by atoms with van der Waals surface area (Å²) >= 11 is 0. The number of rotatable bonds is 64. The fourth-order valence-electron chi connectivity index (χ4n) is 9.96. The number of carbonyl (C=O) groups is 4. The summed E-state index contributed by atoms with van der Waals surface area (Å²) in [6, 6.07) is 0. The van der Waals surface area contributed by atoms with Crippen LogP contribution in [0, 0.1) is 23.7 Å². The summed E-state index contributed by atoms with van der Waals surface area (Å²) < 4.78 is 68.1. The molecular formula is C67H130O17P2. The minimum atomic E-state index is -4.95. The van der Waals surface area contributed by atoms with Crippen molar-refractivity contribution in [3.8, 4) is 0 Å². The Kier molecular flexibility index (Phi) is 55.7. The van der Waals surface area contributed by atoms with Crippen molar-refractivity contribution in [1.82, 2.24) is 0 Å². The molecule has 0 aliphatic heterocycles. The first kappa shape index (κ1) is 84.1. The van der Waals surface area contributed by atoms with Crippen molar-refractivity contribution in [3.63, 3.8) is 0 Å². The number of ether oxygens (including phenoxy) is 4. The van der Waals surface area contributed by atoms with E-state index >= 15 is 0 Å². The van der Waals surface area contributed by atoms with Crippen molar-refractivity contribution in [1.29, 1.82) is 0 Å². The van der Waals surface area contributed by atoms with Gasteiger partial charge in [-0.15, -0.1) is 0 Å². The number of aliphatic hydroxyl groups excluding tert-OH is 1. The SMILES string of the molecule is CC(C)CCCCCCCCCCCCCCCC(=O)O[C@H](COC(=O)CCCCCCCCC(C)C)COP(=O)(O)OC[C@@H](O)COP(=O)(O)OC[C@@H](COC(=O)CCCCCCCCC(C)C)OC(=O)CCCCCCCCCCCC(C)C. The second kappa shape index (κ2) is 57.0. The van der Waals surface area contributed by atoms with Crippen LogP contribution in [0.3, 0.4) is 0 Å². The molecule has 0 rings (SSSR count). The highest BCUT2D eigenvalue weighted by Gasteiger charge is 2.30. The molecule has 5 atom stereocenters. The van der Waals surface area contributed by atoms with Gasteiger partial charge in [0.2, 0.25) is 0 Å². The third-order valence-electron chi connectivity index (χ3n) is 15.3. The van der Waals surface area contributed by atoms with Crippen LogP contribution in [-0.4, -0.2) is 96.7 Å². The monoisotopic (exact) mass is 1270 g/mol. The normalized spacial score (nSPS) is 14.4. The molecule has 0 saturated heterocycles. The van der Waals surface area contributed by atoms with Gasteiger partial charge in [0.15, 0.2) is 12.2 Å². The molecule has 0 heterocycles. The Balaban J connectivity index is 5.22. The number of phosphoric ester groups is 2. The molecule has 19 heteroatoms. The molecular weight excluding hydrogens is 1140 g/mol. The number of carbonyl (C=O) groups excluding carboxylic acids is 4. The molecule has 2 unspecified atom stereocenters. The number of aliphatic hydroxyl groups is 1. The van der Waals surface area contributed by atoms with Gasteiger partial charge < -0.3 is 33.8 Å². The van der Waals surface area contributed by atoms with E-state index < -0.39 is 97.5 Å². The molecule has 86 heavy (non-hydrogen) atoms. The van der Waals surface area contributed by atoms with E-state index in [1.54, 1.807) is 0 Å². The summed E-state index contributed by atoms with van der Waals surface area (Å²) in [5.74, 6) is 0.744. The second-order valence-electron chi connectivity index (χ2n) is 26.1. The van der Waals surface area contributed by atoms with Crippen molar-refractivity contribution in [3.05, 3.63) is 0 Å². The Morgan fingerprint density at radius 2 is 0.488 bits per heavy atom. The van der Waals surface area contributed by atoms with Gasteiger partial charge in [0.05, 0.1) is 26.4 Å².